The Morgan fingerprint density at radius 2 is 1.78 bits per heavy atom. The fraction of sp³-hybridized carbons (Fsp3) is 0.176. The van der Waals surface area contributed by atoms with Crippen molar-refractivity contribution in [2.24, 2.45) is 5.10 Å². The van der Waals surface area contributed by atoms with Gasteiger partial charge in [0.15, 0.2) is 0 Å². The fourth-order valence-electron chi connectivity index (χ4n) is 1.99. The molecule has 0 aromatic heterocycles. The van der Waals surface area contributed by atoms with E-state index >= 15 is 0 Å². The number of hydrogen-bond acceptors (Lipinski definition) is 6. The first-order valence-corrected chi connectivity index (χ1v) is 6.89. The molecule has 1 N–H and O–H groups in total. The van der Waals surface area contributed by atoms with Crippen LogP contribution in [0, 0.1) is 0 Å². The highest BCUT2D eigenvalue weighted by atomic mass is 16.5. The van der Waals surface area contributed by atoms with Crippen molar-refractivity contribution < 1.29 is 19.4 Å². The standard InChI is InChI=1S/C17H18N2O4/c1-11(15-9-8-14(22-2)10-16(15)23-3)18-19-13-6-4-12(5-7-13)17(20)21/h4-10,19H,1-3H3,(H,20,21)/p-1/b18-11-. The average molecular weight is 313 g/mol. The van der Waals surface area contributed by atoms with Crippen molar-refractivity contribution >= 4 is 17.4 Å². The quantitative estimate of drug-likeness (QED) is 0.650. The van der Waals surface area contributed by atoms with E-state index in [2.05, 4.69) is 10.5 Å². The molecule has 0 spiro atoms. The summed E-state index contributed by atoms with van der Waals surface area (Å²) in [6, 6.07) is 11.6. The molecule has 0 saturated carbocycles. The highest BCUT2D eigenvalue weighted by Gasteiger charge is 2.08. The van der Waals surface area contributed by atoms with Gasteiger partial charge in [0.1, 0.15) is 11.5 Å². The highest BCUT2D eigenvalue weighted by molar-refractivity contribution is 6.01. The fourth-order valence-corrected chi connectivity index (χ4v) is 1.99. The van der Waals surface area contributed by atoms with E-state index in [1.807, 2.05) is 19.1 Å². The molecule has 6 heteroatoms. The molecule has 0 atom stereocenters. The van der Waals surface area contributed by atoms with Crippen molar-refractivity contribution in [1.29, 1.82) is 0 Å². The summed E-state index contributed by atoms with van der Waals surface area (Å²) in [5.41, 5.74) is 5.21. The van der Waals surface area contributed by atoms with Crippen LogP contribution in [-0.2, 0) is 0 Å². The molecule has 0 unspecified atom stereocenters. The van der Waals surface area contributed by atoms with Gasteiger partial charge in [-0.3, -0.25) is 5.43 Å². The maximum atomic E-state index is 10.7. The van der Waals surface area contributed by atoms with Crippen molar-refractivity contribution in [2.75, 3.05) is 19.6 Å². The number of nitrogens with one attached hydrogen (secondary N) is 1. The highest BCUT2D eigenvalue weighted by Crippen LogP contribution is 2.25. The first kappa shape index (κ1) is 16.4. The maximum Gasteiger partial charge on any atom is 0.131 e. The van der Waals surface area contributed by atoms with Crippen molar-refractivity contribution in [2.45, 2.75) is 6.92 Å². The van der Waals surface area contributed by atoms with Gasteiger partial charge in [-0.15, -0.1) is 0 Å². The van der Waals surface area contributed by atoms with Gasteiger partial charge in [0.25, 0.3) is 0 Å². The van der Waals surface area contributed by atoms with E-state index in [0.29, 0.717) is 22.9 Å². The van der Waals surface area contributed by atoms with E-state index in [4.69, 9.17) is 9.47 Å². The van der Waals surface area contributed by atoms with Crippen molar-refractivity contribution in [3.63, 3.8) is 0 Å². The van der Waals surface area contributed by atoms with E-state index in [-0.39, 0.29) is 5.56 Å². The number of hydrazone groups is 1. The molecule has 0 heterocycles. The number of rotatable bonds is 6. The van der Waals surface area contributed by atoms with E-state index in [1.165, 1.54) is 12.1 Å². The number of ether oxygens (including phenoxy) is 2. The van der Waals surface area contributed by atoms with Crippen LogP contribution in [0.3, 0.4) is 0 Å². The zero-order valence-electron chi connectivity index (χ0n) is 13.1. The number of benzene rings is 2. The molecule has 0 saturated heterocycles. The third kappa shape index (κ3) is 4.00. The van der Waals surface area contributed by atoms with Crippen molar-refractivity contribution in [3.05, 3.63) is 53.6 Å². The molecule has 2 aromatic rings. The summed E-state index contributed by atoms with van der Waals surface area (Å²) >= 11 is 0. The summed E-state index contributed by atoms with van der Waals surface area (Å²) in [5, 5.41) is 15.0. The summed E-state index contributed by atoms with van der Waals surface area (Å²) in [5.74, 6) is 0.142. The second-order valence-electron chi connectivity index (χ2n) is 4.74. The smallest absolute Gasteiger partial charge is 0.131 e. The van der Waals surface area contributed by atoms with Gasteiger partial charge >= 0.3 is 0 Å². The van der Waals surface area contributed by atoms with Crippen LogP contribution in [0.25, 0.3) is 0 Å². The Bertz CT molecular complexity index is 724. The SMILES string of the molecule is COc1ccc(/C(C)=N\Nc2ccc(C(=O)[O-])cc2)c(OC)c1. The average Bonchev–Trinajstić information content (AvgIpc) is 2.59. The number of aromatic carboxylic acids is 1. The molecule has 0 amide bonds. The first-order valence-electron chi connectivity index (χ1n) is 6.89. The minimum Gasteiger partial charge on any atom is -0.545 e. The predicted molar refractivity (Wildman–Crippen MR) is 86.2 cm³/mol. The van der Waals surface area contributed by atoms with E-state index in [0.717, 1.165) is 5.56 Å². The molecule has 2 aromatic carbocycles. The van der Waals surface area contributed by atoms with Crippen molar-refractivity contribution in [1.82, 2.24) is 0 Å². The zero-order chi connectivity index (χ0) is 16.8. The lowest BCUT2D eigenvalue weighted by Gasteiger charge is -2.10. The van der Waals surface area contributed by atoms with Gasteiger partial charge in [-0.1, -0.05) is 12.1 Å². The molecule has 0 radical (unpaired) electrons. The van der Waals surface area contributed by atoms with E-state index < -0.39 is 5.97 Å². The molecule has 0 bridgehead atoms. The summed E-state index contributed by atoms with van der Waals surface area (Å²) in [4.78, 5) is 10.7. The summed E-state index contributed by atoms with van der Waals surface area (Å²) in [6.45, 7) is 1.84. The van der Waals surface area contributed by atoms with Gasteiger partial charge in [-0.25, -0.2) is 0 Å². The number of carboxylic acid groups (broad SMARTS) is 1. The predicted octanol–water partition coefficient (Wildman–Crippen LogP) is 1.90. The third-order valence-corrected chi connectivity index (χ3v) is 3.27. The zero-order valence-corrected chi connectivity index (χ0v) is 13.1. The van der Waals surface area contributed by atoms with Crippen LogP contribution in [0.4, 0.5) is 5.69 Å². The molecule has 0 aliphatic heterocycles. The van der Waals surface area contributed by atoms with E-state index in [1.54, 1.807) is 32.4 Å². The number of methoxy groups -OCH3 is 2. The minimum atomic E-state index is -1.21. The number of hydrogen-bond donors (Lipinski definition) is 1. The van der Waals surface area contributed by atoms with Crippen molar-refractivity contribution in [3.8, 4) is 11.5 Å². The second kappa shape index (κ2) is 7.31. The molecule has 0 aliphatic carbocycles. The van der Waals surface area contributed by atoms with Gasteiger partial charge in [0, 0.05) is 11.6 Å². The van der Waals surface area contributed by atoms with Gasteiger partial charge in [-0.2, -0.15) is 5.10 Å². The van der Waals surface area contributed by atoms with Crippen LogP contribution >= 0.6 is 0 Å². The Hall–Kier alpha value is -3.02. The molecule has 6 nitrogen and oxygen atoms in total. The molecule has 120 valence electrons. The number of anilines is 1. The summed E-state index contributed by atoms with van der Waals surface area (Å²) in [7, 11) is 3.17. The summed E-state index contributed by atoms with van der Waals surface area (Å²) in [6.07, 6.45) is 0. The molecule has 23 heavy (non-hydrogen) atoms. The molecule has 0 fully saturated rings. The molecular formula is C17H17N2O4-. The van der Waals surface area contributed by atoms with Crippen LogP contribution in [0.2, 0.25) is 0 Å². The Morgan fingerprint density at radius 3 is 2.35 bits per heavy atom. The minimum absolute atomic E-state index is 0.119. The van der Waals surface area contributed by atoms with Crippen LogP contribution in [0.5, 0.6) is 11.5 Å². The molecule has 0 aliphatic rings. The Labute approximate surface area is 134 Å². The third-order valence-electron chi connectivity index (χ3n) is 3.27. The topological polar surface area (TPSA) is 83.0 Å². The van der Waals surface area contributed by atoms with Crippen LogP contribution in [0.1, 0.15) is 22.8 Å². The Balaban J connectivity index is 2.18. The van der Waals surface area contributed by atoms with Crippen LogP contribution < -0.4 is 20.0 Å². The number of carbonyl (C=O) groups excluding carboxylic acids is 1. The van der Waals surface area contributed by atoms with Gasteiger partial charge in [-0.05, 0) is 36.8 Å². The lowest BCUT2D eigenvalue weighted by Crippen LogP contribution is -2.21. The number of carboxylic acids is 1. The van der Waals surface area contributed by atoms with Gasteiger partial charge < -0.3 is 19.4 Å². The largest absolute Gasteiger partial charge is 0.545 e. The van der Waals surface area contributed by atoms with Gasteiger partial charge in [0.2, 0.25) is 0 Å². The normalized spacial score (nSPS) is 11.0. The lowest BCUT2D eigenvalue weighted by atomic mass is 10.1. The monoisotopic (exact) mass is 313 g/mol. The second-order valence-corrected chi connectivity index (χ2v) is 4.74. The van der Waals surface area contributed by atoms with Crippen LogP contribution in [-0.4, -0.2) is 25.9 Å². The summed E-state index contributed by atoms with van der Waals surface area (Å²) < 4.78 is 10.5. The van der Waals surface area contributed by atoms with E-state index in [9.17, 15) is 9.90 Å². The van der Waals surface area contributed by atoms with Crippen LogP contribution in [0.15, 0.2) is 47.6 Å². The molecule has 2 rings (SSSR count). The number of carbonyl (C=O) groups is 1. The lowest BCUT2D eigenvalue weighted by molar-refractivity contribution is -0.255. The maximum absolute atomic E-state index is 10.7. The Kier molecular flexibility index (Phi) is 5.19. The molecular weight excluding hydrogens is 296 g/mol. The number of nitrogens with zero attached hydrogens (tertiary/aromatic N) is 1. The Morgan fingerprint density at radius 1 is 1.09 bits per heavy atom. The first-order chi connectivity index (χ1) is 11.0. The van der Waals surface area contributed by atoms with Gasteiger partial charge in [0.05, 0.1) is 31.6 Å².